The van der Waals surface area contributed by atoms with Crippen LogP contribution in [0.25, 0.3) is 0 Å². The van der Waals surface area contributed by atoms with Crippen molar-refractivity contribution in [3.8, 4) is 0 Å². The summed E-state index contributed by atoms with van der Waals surface area (Å²) < 4.78 is 0. The van der Waals surface area contributed by atoms with Crippen LogP contribution in [0.15, 0.2) is 18.3 Å². The number of aromatic nitrogens is 1. The first-order chi connectivity index (χ1) is 7.49. The lowest BCUT2D eigenvalue weighted by Crippen LogP contribution is -2.25. The Labute approximate surface area is 94.8 Å². The fraction of sp³-hybridized carbons (Fsp3) is 0.545. The van der Waals surface area contributed by atoms with E-state index in [1.165, 1.54) is 12.3 Å². The highest BCUT2D eigenvalue weighted by atomic mass is 16.6. The lowest BCUT2D eigenvalue weighted by atomic mass is 10.0. The second kappa shape index (κ2) is 5.55. The van der Waals surface area contributed by atoms with Gasteiger partial charge in [-0.25, -0.2) is 0 Å². The lowest BCUT2D eigenvalue weighted by Gasteiger charge is -2.12. The van der Waals surface area contributed by atoms with E-state index in [-0.39, 0.29) is 11.7 Å². The van der Waals surface area contributed by atoms with Crippen molar-refractivity contribution in [3.05, 3.63) is 34.1 Å². The molecule has 0 bridgehead atoms. The minimum atomic E-state index is -0.454. The van der Waals surface area contributed by atoms with E-state index in [1.807, 2.05) is 0 Å². The van der Waals surface area contributed by atoms with Crippen molar-refractivity contribution in [2.75, 3.05) is 0 Å². The Morgan fingerprint density at radius 1 is 1.50 bits per heavy atom. The van der Waals surface area contributed by atoms with Crippen molar-refractivity contribution in [2.45, 2.75) is 32.7 Å². The summed E-state index contributed by atoms with van der Waals surface area (Å²) in [5.74, 6) is 0.549. The number of hydrogen-bond donors (Lipinski definition) is 1. The first-order valence-corrected chi connectivity index (χ1v) is 5.34. The first kappa shape index (κ1) is 12.6. The summed E-state index contributed by atoms with van der Waals surface area (Å²) in [6, 6.07) is 3.19. The maximum absolute atomic E-state index is 10.4. The fourth-order valence-corrected chi connectivity index (χ4v) is 1.60. The molecular weight excluding hydrogens is 206 g/mol. The average molecular weight is 223 g/mol. The molecule has 0 aromatic carbocycles. The van der Waals surface area contributed by atoms with Gasteiger partial charge in [-0.3, -0.25) is 15.1 Å². The molecular formula is C11H17N3O2. The van der Waals surface area contributed by atoms with Crippen LogP contribution < -0.4 is 5.73 Å². The summed E-state index contributed by atoms with van der Waals surface area (Å²) in [6.45, 7) is 4.23. The van der Waals surface area contributed by atoms with Gasteiger partial charge in [0.15, 0.2) is 0 Å². The summed E-state index contributed by atoms with van der Waals surface area (Å²) in [6.07, 6.45) is 2.87. The van der Waals surface area contributed by atoms with Gasteiger partial charge in [-0.2, -0.15) is 0 Å². The van der Waals surface area contributed by atoms with Gasteiger partial charge in [0.05, 0.1) is 4.92 Å². The minimum Gasteiger partial charge on any atom is -0.327 e. The number of nitrogens with two attached hydrogens (primary N) is 1. The van der Waals surface area contributed by atoms with Crippen molar-refractivity contribution >= 4 is 5.69 Å². The molecule has 5 nitrogen and oxygen atoms in total. The van der Waals surface area contributed by atoms with Gasteiger partial charge in [0.2, 0.25) is 0 Å². The van der Waals surface area contributed by atoms with E-state index in [1.54, 1.807) is 6.07 Å². The molecule has 5 heteroatoms. The normalized spacial score (nSPS) is 12.8. The Balaban J connectivity index is 2.58. The van der Waals surface area contributed by atoms with Gasteiger partial charge >= 0.3 is 0 Å². The van der Waals surface area contributed by atoms with Gasteiger partial charge in [-0.05, 0) is 18.4 Å². The Bertz CT molecular complexity index is 349. The van der Waals surface area contributed by atoms with E-state index in [2.05, 4.69) is 18.8 Å². The highest BCUT2D eigenvalue weighted by molar-refractivity contribution is 5.26. The van der Waals surface area contributed by atoms with E-state index >= 15 is 0 Å². The standard InChI is InChI=1S/C11H17N3O2/c1-8(2)5-9(12)6-10-3-4-11(7-13-10)14(15)16/h3-4,7-9H,5-6,12H2,1-2H3. The fourth-order valence-electron chi connectivity index (χ4n) is 1.60. The molecule has 1 aromatic rings. The summed E-state index contributed by atoms with van der Waals surface area (Å²) >= 11 is 0. The molecule has 0 aliphatic rings. The van der Waals surface area contributed by atoms with Crippen molar-refractivity contribution < 1.29 is 4.92 Å². The summed E-state index contributed by atoms with van der Waals surface area (Å²) in [7, 11) is 0. The third kappa shape index (κ3) is 3.94. The Kier molecular flexibility index (Phi) is 4.37. The first-order valence-electron chi connectivity index (χ1n) is 5.34. The molecule has 2 N–H and O–H groups in total. The number of nitrogens with zero attached hydrogens (tertiary/aromatic N) is 2. The van der Waals surface area contributed by atoms with E-state index in [0.717, 1.165) is 12.1 Å². The van der Waals surface area contributed by atoms with Crippen molar-refractivity contribution in [2.24, 2.45) is 11.7 Å². The zero-order valence-electron chi connectivity index (χ0n) is 9.59. The van der Waals surface area contributed by atoms with E-state index < -0.39 is 4.92 Å². The molecule has 16 heavy (non-hydrogen) atoms. The number of nitro groups is 1. The highest BCUT2D eigenvalue weighted by Gasteiger charge is 2.09. The molecule has 0 fully saturated rings. The molecule has 1 aromatic heterocycles. The third-order valence-electron chi connectivity index (χ3n) is 2.27. The summed E-state index contributed by atoms with van der Waals surface area (Å²) in [5.41, 5.74) is 6.75. The Hall–Kier alpha value is -1.49. The van der Waals surface area contributed by atoms with E-state index in [4.69, 9.17) is 5.73 Å². The maximum atomic E-state index is 10.4. The average Bonchev–Trinajstić information content (AvgIpc) is 2.16. The van der Waals surface area contributed by atoms with Gasteiger partial charge in [0.1, 0.15) is 6.20 Å². The Morgan fingerprint density at radius 2 is 2.19 bits per heavy atom. The van der Waals surface area contributed by atoms with Crippen LogP contribution in [-0.4, -0.2) is 15.9 Å². The largest absolute Gasteiger partial charge is 0.327 e. The van der Waals surface area contributed by atoms with Gasteiger partial charge in [-0.1, -0.05) is 13.8 Å². The third-order valence-corrected chi connectivity index (χ3v) is 2.27. The lowest BCUT2D eigenvalue weighted by molar-refractivity contribution is -0.385. The van der Waals surface area contributed by atoms with Crippen molar-refractivity contribution in [3.63, 3.8) is 0 Å². The molecule has 0 aliphatic carbocycles. The summed E-state index contributed by atoms with van der Waals surface area (Å²) in [5, 5.41) is 10.4. The molecule has 1 unspecified atom stereocenters. The van der Waals surface area contributed by atoms with Crippen LogP contribution in [0.4, 0.5) is 5.69 Å². The second-order valence-corrected chi connectivity index (χ2v) is 4.36. The molecule has 0 amide bonds. The molecule has 0 radical (unpaired) electrons. The highest BCUT2D eigenvalue weighted by Crippen LogP contribution is 2.11. The molecule has 1 atom stereocenters. The predicted molar refractivity (Wildman–Crippen MR) is 62.0 cm³/mol. The zero-order valence-corrected chi connectivity index (χ0v) is 9.59. The molecule has 0 spiro atoms. The molecule has 0 saturated carbocycles. The minimum absolute atomic E-state index is 0.0150. The van der Waals surface area contributed by atoms with Gasteiger partial charge < -0.3 is 5.73 Å². The van der Waals surface area contributed by atoms with Crippen LogP contribution in [0.2, 0.25) is 0 Å². The Morgan fingerprint density at radius 3 is 2.62 bits per heavy atom. The second-order valence-electron chi connectivity index (χ2n) is 4.36. The van der Waals surface area contributed by atoms with Crippen LogP contribution in [0.5, 0.6) is 0 Å². The smallest absolute Gasteiger partial charge is 0.287 e. The number of hydrogen-bond acceptors (Lipinski definition) is 4. The van der Waals surface area contributed by atoms with Crippen molar-refractivity contribution in [1.82, 2.24) is 4.98 Å². The van der Waals surface area contributed by atoms with Crippen LogP contribution in [0.1, 0.15) is 26.0 Å². The van der Waals surface area contributed by atoms with Gasteiger partial charge in [0.25, 0.3) is 5.69 Å². The molecule has 0 aliphatic heterocycles. The van der Waals surface area contributed by atoms with E-state index in [0.29, 0.717) is 12.3 Å². The maximum Gasteiger partial charge on any atom is 0.287 e. The van der Waals surface area contributed by atoms with Crippen LogP contribution >= 0.6 is 0 Å². The SMILES string of the molecule is CC(C)CC(N)Cc1ccc([N+](=O)[O-])cn1. The zero-order chi connectivity index (χ0) is 12.1. The summed E-state index contributed by atoms with van der Waals surface area (Å²) in [4.78, 5) is 14.0. The number of rotatable bonds is 5. The molecule has 1 rings (SSSR count). The van der Waals surface area contributed by atoms with Crippen molar-refractivity contribution in [1.29, 1.82) is 0 Å². The van der Waals surface area contributed by atoms with Gasteiger partial charge in [0, 0.05) is 24.2 Å². The molecule has 1 heterocycles. The van der Waals surface area contributed by atoms with Gasteiger partial charge in [-0.15, -0.1) is 0 Å². The quantitative estimate of drug-likeness (QED) is 0.610. The van der Waals surface area contributed by atoms with Crippen LogP contribution in [-0.2, 0) is 6.42 Å². The molecule has 88 valence electrons. The molecule has 0 saturated heterocycles. The van der Waals surface area contributed by atoms with Crippen LogP contribution in [0, 0.1) is 16.0 Å². The number of pyridine rings is 1. The topological polar surface area (TPSA) is 82.0 Å². The van der Waals surface area contributed by atoms with Crippen LogP contribution in [0.3, 0.4) is 0 Å². The van der Waals surface area contributed by atoms with E-state index in [9.17, 15) is 10.1 Å². The predicted octanol–water partition coefficient (Wildman–Crippen LogP) is 1.91. The monoisotopic (exact) mass is 223 g/mol.